The summed E-state index contributed by atoms with van der Waals surface area (Å²) in [5.74, 6) is 0.164. The second-order valence-corrected chi connectivity index (χ2v) is 7.32. The Morgan fingerprint density at radius 3 is 2.31 bits per heavy atom. The minimum Gasteiger partial charge on any atom is -0.296 e. The van der Waals surface area contributed by atoms with Crippen LogP contribution >= 0.6 is 11.3 Å². The number of benzene rings is 2. The molecule has 5 heteroatoms. The molecule has 4 rings (SSSR count). The highest BCUT2D eigenvalue weighted by atomic mass is 32.1. The van der Waals surface area contributed by atoms with Crippen LogP contribution in [-0.4, -0.2) is 15.7 Å². The van der Waals surface area contributed by atoms with Crippen molar-refractivity contribution in [2.24, 2.45) is 0 Å². The minimum atomic E-state index is -0.285. The van der Waals surface area contributed by atoms with E-state index in [-0.39, 0.29) is 5.82 Å². The quantitative estimate of drug-likeness (QED) is 0.429. The van der Waals surface area contributed by atoms with Gasteiger partial charge in [0.25, 0.3) is 0 Å². The van der Waals surface area contributed by atoms with Gasteiger partial charge in [-0.15, -0.1) is 11.3 Å². The normalized spacial score (nSPS) is 11.4. The zero-order chi connectivity index (χ0) is 18.3. The maximum atomic E-state index is 13.2. The molecule has 0 radical (unpaired) electrons. The molecule has 0 saturated heterocycles. The predicted molar refractivity (Wildman–Crippen MR) is 103 cm³/mol. The number of aldehydes is 1. The Morgan fingerprint density at radius 1 is 1.04 bits per heavy atom. The molecule has 0 bridgehead atoms. The summed E-state index contributed by atoms with van der Waals surface area (Å²) >= 11 is 1.47. The third-order valence-electron chi connectivity index (χ3n) is 4.50. The van der Waals surface area contributed by atoms with E-state index in [1.165, 1.54) is 29.0 Å². The lowest BCUT2D eigenvalue weighted by Gasteiger charge is -2.06. The third kappa shape index (κ3) is 2.74. The summed E-state index contributed by atoms with van der Waals surface area (Å²) in [5, 5.41) is 1.94. The van der Waals surface area contributed by atoms with Crippen LogP contribution in [0, 0.1) is 5.82 Å². The van der Waals surface area contributed by atoms with Crippen LogP contribution < -0.4 is 0 Å². The van der Waals surface area contributed by atoms with E-state index in [4.69, 9.17) is 0 Å². The summed E-state index contributed by atoms with van der Waals surface area (Å²) in [4.78, 5) is 17.3. The number of fused-ring (bicyclic) bond motifs is 1. The Morgan fingerprint density at radius 2 is 1.69 bits per heavy atom. The highest BCUT2D eigenvalue weighted by Crippen LogP contribution is 2.32. The van der Waals surface area contributed by atoms with E-state index in [1.807, 2.05) is 21.9 Å². The molecule has 3 nitrogen and oxygen atoms in total. The fourth-order valence-electron chi connectivity index (χ4n) is 3.05. The van der Waals surface area contributed by atoms with Crippen molar-refractivity contribution in [1.29, 1.82) is 0 Å². The standard InChI is InChI=1S/C21H17FN2OS/c1-13(2)14-3-5-16(6-4-14)20-18(11-25)24-19(12-26-21(24)23-20)15-7-9-17(22)10-8-15/h3-13H,1-2H3. The number of rotatable bonds is 4. The molecule has 2 heterocycles. The Labute approximate surface area is 154 Å². The van der Waals surface area contributed by atoms with E-state index in [0.29, 0.717) is 17.3 Å². The van der Waals surface area contributed by atoms with Crippen molar-refractivity contribution in [1.82, 2.24) is 9.38 Å². The first-order valence-corrected chi connectivity index (χ1v) is 9.28. The summed E-state index contributed by atoms with van der Waals surface area (Å²) in [6.45, 7) is 4.29. The van der Waals surface area contributed by atoms with Crippen LogP contribution in [0.1, 0.15) is 35.8 Å². The molecular weight excluding hydrogens is 347 g/mol. The van der Waals surface area contributed by atoms with Gasteiger partial charge in [-0.1, -0.05) is 38.1 Å². The van der Waals surface area contributed by atoms with Crippen molar-refractivity contribution >= 4 is 22.6 Å². The summed E-state index contributed by atoms with van der Waals surface area (Å²) < 4.78 is 15.1. The third-order valence-corrected chi connectivity index (χ3v) is 5.33. The topological polar surface area (TPSA) is 34.4 Å². The zero-order valence-corrected chi connectivity index (χ0v) is 15.3. The number of halogens is 1. The van der Waals surface area contributed by atoms with Crippen LogP contribution in [0.4, 0.5) is 4.39 Å². The van der Waals surface area contributed by atoms with Crippen molar-refractivity contribution in [2.45, 2.75) is 19.8 Å². The Hall–Kier alpha value is -2.79. The van der Waals surface area contributed by atoms with Gasteiger partial charge < -0.3 is 0 Å². The van der Waals surface area contributed by atoms with Gasteiger partial charge in [-0.05, 0) is 41.3 Å². The molecule has 0 amide bonds. The van der Waals surface area contributed by atoms with Crippen molar-refractivity contribution < 1.29 is 9.18 Å². The SMILES string of the molecule is CC(C)c1ccc(-c2nc3scc(-c4ccc(F)cc4)n3c2C=O)cc1. The van der Waals surface area contributed by atoms with E-state index < -0.39 is 0 Å². The number of carbonyl (C=O) groups is 1. The lowest BCUT2D eigenvalue weighted by Crippen LogP contribution is -1.94. The summed E-state index contributed by atoms with van der Waals surface area (Å²) in [5.41, 5.74) is 5.03. The van der Waals surface area contributed by atoms with Crippen LogP contribution in [0.5, 0.6) is 0 Å². The predicted octanol–water partition coefficient (Wildman–Crippen LogP) is 5.80. The zero-order valence-electron chi connectivity index (χ0n) is 14.4. The second-order valence-electron chi connectivity index (χ2n) is 6.49. The summed E-state index contributed by atoms with van der Waals surface area (Å²) in [6.07, 6.45) is 0.839. The van der Waals surface area contributed by atoms with E-state index in [0.717, 1.165) is 28.1 Å². The molecule has 0 N–H and O–H groups in total. The highest BCUT2D eigenvalue weighted by Gasteiger charge is 2.18. The molecule has 0 aliphatic rings. The van der Waals surface area contributed by atoms with Gasteiger partial charge >= 0.3 is 0 Å². The average Bonchev–Trinajstić information content (AvgIpc) is 3.21. The van der Waals surface area contributed by atoms with Crippen LogP contribution in [0.3, 0.4) is 0 Å². The Bertz CT molecular complexity index is 1080. The van der Waals surface area contributed by atoms with Gasteiger partial charge in [0.1, 0.15) is 17.2 Å². The van der Waals surface area contributed by atoms with Crippen LogP contribution in [0.2, 0.25) is 0 Å². The summed E-state index contributed by atoms with van der Waals surface area (Å²) in [6, 6.07) is 14.4. The molecule has 0 aliphatic carbocycles. The first-order valence-electron chi connectivity index (χ1n) is 8.40. The van der Waals surface area contributed by atoms with Crippen molar-refractivity contribution in [3.05, 3.63) is 71.0 Å². The van der Waals surface area contributed by atoms with Crippen molar-refractivity contribution in [3.8, 4) is 22.5 Å². The minimum absolute atomic E-state index is 0.285. The molecule has 0 spiro atoms. The molecule has 0 atom stereocenters. The lowest BCUT2D eigenvalue weighted by atomic mass is 10.0. The highest BCUT2D eigenvalue weighted by molar-refractivity contribution is 7.15. The number of nitrogens with zero attached hydrogens (tertiary/aromatic N) is 2. The van der Waals surface area contributed by atoms with Gasteiger partial charge in [0.05, 0.1) is 5.69 Å². The Kier molecular flexibility index (Phi) is 4.17. The van der Waals surface area contributed by atoms with Gasteiger partial charge in [0.15, 0.2) is 11.2 Å². The summed E-state index contributed by atoms with van der Waals surface area (Å²) in [7, 11) is 0. The van der Waals surface area contributed by atoms with Crippen molar-refractivity contribution in [3.63, 3.8) is 0 Å². The van der Waals surface area contributed by atoms with E-state index in [1.54, 1.807) is 12.1 Å². The number of aromatic nitrogens is 2. The number of hydrogen-bond acceptors (Lipinski definition) is 3. The molecule has 0 aliphatic heterocycles. The molecule has 0 fully saturated rings. The molecule has 26 heavy (non-hydrogen) atoms. The van der Waals surface area contributed by atoms with Gasteiger partial charge in [-0.2, -0.15) is 0 Å². The maximum absolute atomic E-state index is 13.2. The average molecular weight is 364 g/mol. The van der Waals surface area contributed by atoms with Gasteiger partial charge in [0.2, 0.25) is 0 Å². The number of imidazole rings is 1. The lowest BCUT2D eigenvalue weighted by molar-refractivity contribution is 0.111. The number of carbonyl (C=O) groups excluding carboxylic acids is 1. The molecular formula is C21H17FN2OS. The van der Waals surface area contributed by atoms with Crippen molar-refractivity contribution in [2.75, 3.05) is 0 Å². The monoisotopic (exact) mass is 364 g/mol. The number of thiazole rings is 1. The van der Waals surface area contributed by atoms with Crippen LogP contribution in [0.25, 0.3) is 27.5 Å². The fraction of sp³-hybridized carbons (Fsp3) is 0.143. The molecule has 2 aromatic heterocycles. The first-order chi connectivity index (χ1) is 12.6. The molecule has 0 saturated carbocycles. The van der Waals surface area contributed by atoms with Gasteiger partial charge in [-0.25, -0.2) is 9.37 Å². The van der Waals surface area contributed by atoms with Crippen LogP contribution in [0.15, 0.2) is 53.9 Å². The second kappa shape index (κ2) is 6.50. The molecule has 4 aromatic rings. The van der Waals surface area contributed by atoms with E-state index in [9.17, 15) is 9.18 Å². The van der Waals surface area contributed by atoms with Crippen LogP contribution in [-0.2, 0) is 0 Å². The van der Waals surface area contributed by atoms with Gasteiger partial charge in [0, 0.05) is 10.9 Å². The van der Waals surface area contributed by atoms with Gasteiger partial charge in [-0.3, -0.25) is 9.20 Å². The largest absolute Gasteiger partial charge is 0.296 e. The molecule has 0 unspecified atom stereocenters. The fourth-order valence-corrected chi connectivity index (χ4v) is 3.95. The van der Waals surface area contributed by atoms with E-state index in [2.05, 4.69) is 31.0 Å². The Balaban J connectivity index is 1.87. The molecule has 130 valence electrons. The van der Waals surface area contributed by atoms with E-state index >= 15 is 0 Å². The first kappa shape index (κ1) is 16.7. The maximum Gasteiger partial charge on any atom is 0.195 e. The smallest absolute Gasteiger partial charge is 0.195 e. The molecule has 2 aromatic carbocycles. The number of hydrogen-bond donors (Lipinski definition) is 0.